The summed E-state index contributed by atoms with van der Waals surface area (Å²) < 4.78 is 0. The number of aromatic amines is 2. The molecule has 0 radical (unpaired) electrons. The minimum atomic E-state index is 0.176. The number of aromatic nitrogens is 4. The van der Waals surface area contributed by atoms with Crippen molar-refractivity contribution in [3.63, 3.8) is 0 Å². The molecule has 0 aliphatic heterocycles. The van der Waals surface area contributed by atoms with Crippen molar-refractivity contribution < 1.29 is 9.59 Å². The number of carbonyl (C=O) groups is 2. The van der Waals surface area contributed by atoms with Crippen molar-refractivity contribution in [3.05, 3.63) is 71.7 Å². The van der Waals surface area contributed by atoms with E-state index in [2.05, 4.69) is 104 Å². The van der Waals surface area contributed by atoms with Crippen LogP contribution in [0.5, 0.6) is 0 Å². The number of hydrogen-bond donors (Lipinski definition) is 2. The molecule has 2 heterocycles. The number of H-pyrrole nitrogens is 2. The second kappa shape index (κ2) is 16.8. The quantitative estimate of drug-likeness (QED) is 0.133. The molecule has 8 heteroatoms. The van der Waals surface area contributed by atoms with Crippen molar-refractivity contribution in [2.45, 2.75) is 93.2 Å². The van der Waals surface area contributed by atoms with E-state index in [4.69, 9.17) is 0 Å². The fraction of sp³-hybridized carbons (Fsp3) is 0.474. The molecule has 2 aromatic carbocycles. The van der Waals surface area contributed by atoms with Crippen molar-refractivity contribution in [2.75, 3.05) is 13.1 Å². The molecule has 2 atom stereocenters. The molecule has 0 saturated heterocycles. The number of carbonyl (C=O) groups excluding carboxylic acids is 2. The van der Waals surface area contributed by atoms with Crippen LogP contribution in [-0.4, -0.2) is 54.6 Å². The van der Waals surface area contributed by atoms with E-state index in [0.717, 1.165) is 77.2 Å². The number of amides is 2. The van der Waals surface area contributed by atoms with Crippen LogP contribution in [0.2, 0.25) is 0 Å². The predicted octanol–water partition coefficient (Wildman–Crippen LogP) is 7.70. The molecule has 8 nitrogen and oxygen atoms in total. The van der Waals surface area contributed by atoms with Crippen molar-refractivity contribution in [2.24, 2.45) is 11.8 Å². The van der Waals surface area contributed by atoms with Gasteiger partial charge in [0.2, 0.25) is 11.8 Å². The summed E-state index contributed by atoms with van der Waals surface area (Å²) >= 11 is 0. The van der Waals surface area contributed by atoms with Gasteiger partial charge in [-0.15, -0.1) is 0 Å². The molecule has 1 unspecified atom stereocenters. The van der Waals surface area contributed by atoms with Gasteiger partial charge in [0.05, 0.1) is 31.2 Å². The van der Waals surface area contributed by atoms with Gasteiger partial charge in [-0.3, -0.25) is 9.59 Å². The Kier molecular flexibility index (Phi) is 12.6. The molecule has 0 saturated carbocycles. The van der Waals surface area contributed by atoms with Crippen molar-refractivity contribution in [1.82, 2.24) is 29.7 Å². The third-order valence-corrected chi connectivity index (χ3v) is 8.56. The Morgan fingerprint density at radius 1 is 0.739 bits per heavy atom. The van der Waals surface area contributed by atoms with Crippen LogP contribution in [0.4, 0.5) is 0 Å². The van der Waals surface area contributed by atoms with E-state index in [1.54, 1.807) is 6.20 Å². The van der Waals surface area contributed by atoms with Gasteiger partial charge in [-0.05, 0) is 59.6 Å². The van der Waals surface area contributed by atoms with Crippen molar-refractivity contribution >= 4 is 22.6 Å². The highest BCUT2D eigenvalue weighted by Gasteiger charge is 2.18. The molecule has 4 aromatic rings. The molecular formula is C38H50N6O2. The van der Waals surface area contributed by atoms with Crippen LogP contribution in [0, 0.1) is 23.7 Å². The van der Waals surface area contributed by atoms with Crippen LogP contribution in [0.3, 0.4) is 0 Å². The van der Waals surface area contributed by atoms with Crippen LogP contribution >= 0.6 is 0 Å². The molecule has 4 rings (SSSR count). The maximum Gasteiger partial charge on any atom is 0.223 e. The van der Waals surface area contributed by atoms with E-state index in [9.17, 15) is 9.59 Å². The number of fused-ring (bicyclic) bond motifs is 1. The van der Waals surface area contributed by atoms with Gasteiger partial charge in [0, 0.05) is 37.1 Å². The van der Waals surface area contributed by atoms with E-state index in [-0.39, 0.29) is 11.8 Å². The molecule has 0 spiro atoms. The summed E-state index contributed by atoms with van der Waals surface area (Å²) in [6.07, 6.45) is 8.54. The maximum absolute atomic E-state index is 12.9. The van der Waals surface area contributed by atoms with Gasteiger partial charge in [-0.2, -0.15) is 0 Å². The van der Waals surface area contributed by atoms with Crippen LogP contribution in [0.15, 0.2) is 48.8 Å². The van der Waals surface area contributed by atoms with Crippen LogP contribution in [0.1, 0.15) is 103 Å². The molecule has 2 aromatic heterocycles. The highest BCUT2D eigenvalue weighted by Crippen LogP contribution is 2.25. The monoisotopic (exact) mass is 622 g/mol. The van der Waals surface area contributed by atoms with Crippen molar-refractivity contribution in [3.8, 4) is 23.1 Å². The van der Waals surface area contributed by atoms with Gasteiger partial charge >= 0.3 is 0 Å². The van der Waals surface area contributed by atoms with Gasteiger partial charge in [0.1, 0.15) is 17.3 Å². The fourth-order valence-corrected chi connectivity index (χ4v) is 5.35. The summed E-state index contributed by atoms with van der Waals surface area (Å²) in [6.45, 7) is 15.1. The maximum atomic E-state index is 12.9. The SMILES string of the molecule is CCCN(Cc1ncc(C#Cc2ccc3cc(-c4cnc(CN(CCC)C(=O)CC(C)CC)[nH]4)ccc3c2)[nH]1)C(=O)C[C@@H](C)CC. The van der Waals surface area contributed by atoms with E-state index in [1.165, 1.54) is 0 Å². The van der Waals surface area contributed by atoms with Gasteiger partial charge < -0.3 is 19.8 Å². The Morgan fingerprint density at radius 2 is 1.30 bits per heavy atom. The fourth-order valence-electron chi connectivity index (χ4n) is 5.35. The lowest BCUT2D eigenvalue weighted by molar-refractivity contribution is -0.133. The average molecular weight is 623 g/mol. The molecule has 0 aliphatic rings. The Hall–Kier alpha value is -4.38. The average Bonchev–Trinajstić information content (AvgIpc) is 3.72. The van der Waals surface area contributed by atoms with Crippen LogP contribution < -0.4 is 0 Å². The third-order valence-electron chi connectivity index (χ3n) is 8.56. The summed E-state index contributed by atoms with van der Waals surface area (Å²) in [6, 6.07) is 12.5. The Bertz CT molecular complexity index is 1660. The Morgan fingerprint density at radius 3 is 1.91 bits per heavy atom. The van der Waals surface area contributed by atoms with Crippen LogP contribution in [-0.2, 0) is 22.7 Å². The van der Waals surface area contributed by atoms with E-state index >= 15 is 0 Å². The smallest absolute Gasteiger partial charge is 0.223 e. The number of nitrogens with one attached hydrogen (secondary N) is 2. The number of nitrogens with zero attached hydrogens (tertiary/aromatic N) is 4. The largest absolute Gasteiger partial charge is 0.341 e. The molecule has 2 amide bonds. The molecule has 0 aliphatic carbocycles. The molecule has 2 N–H and O–H groups in total. The highest BCUT2D eigenvalue weighted by atomic mass is 16.2. The summed E-state index contributed by atoms with van der Waals surface area (Å²) in [4.78, 5) is 45.3. The first-order valence-corrected chi connectivity index (χ1v) is 16.9. The summed E-state index contributed by atoms with van der Waals surface area (Å²) in [7, 11) is 0. The Balaban J connectivity index is 1.42. The van der Waals surface area contributed by atoms with Crippen LogP contribution in [0.25, 0.3) is 22.0 Å². The number of hydrogen-bond acceptors (Lipinski definition) is 4. The molecule has 244 valence electrons. The first kappa shape index (κ1) is 34.5. The summed E-state index contributed by atoms with van der Waals surface area (Å²) in [5.74, 6) is 9.11. The first-order chi connectivity index (χ1) is 22.2. The normalized spacial score (nSPS) is 12.4. The zero-order valence-electron chi connectivity index (χ0n) is 28.4. The van der Waals surface area contributed by atoms with Gasteiger partial charge in [-0.25, -0.2) is 9.97 Å². The number of rotatable bonds is 15. The topological polar surface area (TPSA) is 98.0 Å². The predicted molar refractivity (Wildman–Crippen MR) is 186 cm³/mol. The lowest BCUT2D eigenvalue weighted by Gasteiger charge is -2.22. The lowest BCUT2D eigenvalue weighted by atomic mass is 10.0. The second-order valence-electron chi connectivity index (χ2n) is 12.6. The minimum Gasteiger partial charge on any atom is -0.341 e. The molecular weight excluding hydrogens is 572 g/mol. The van der Waals surface area contributed by atoms with Gasteiger partial charge in [0.25, 0.3) is 0 Å². The van der Waals surface area contributed by atoms with E-state index in [1.807, 2.05) is 22.1 Å². The van der Waals surface area contributed by atoms with Gasteiger partial charge in [0.15, 0.2) is 0 Å². The van der Waals surface area contributed by atoms with Crippen molar-refractivity contribution in [1.29, 1.82) is 0 Å². The zero-order chi connectivity index (χ0) is 33.1. The lowest BCUT2D eigenvalue weighted by Crippen LogP contribution is -2.32. The molecule has 46 heavy (non-hydrogen) atoms. The highest BCUT2D eigenvalue weighted by molar-refractivity contribution is 5.88. The number of benzene rings is 2. The van der Waals surface area contributed by atoms with Gasteiger partial charge in [-0.1, -0.05) is 78.5 Å². The standard InChI is InChI=1S/C38H50N6O2/c1-7-17-43(37(45)19-27(5)9-3)25-35-39-23-33(41-35)16-12-29-11-13-31-22-32(15-14-30(31)21-29)34-24-40-36(42-34)26-44(18-8-2)38(46)20-28(6)10-4/h11,13-15,21-24,27-28H,7-10,17-20,25-26H2,1-6H3,(H,39,41)(H,40,42)/t27-,28?/m0/s1. The molecule has 0 bridgehead atoms. The second-order valence-corrected chi connectivity index (χ2v) is 12.6. The molecule has 0 fully saturated rings. The third kappa shape index (κ3) is 9.56. The zero-order valence-corrected chi connectivity index (χ0v) is 28.4. The summed E-state index contributed by atoms with van der Waals surface area (Å²) in [5, 5.41) is 2.21. The minimum absolute atomic E-state index is 0.176. The van der Waals surface area contributed by atoms with E-state index < -0.39 is 0 Å². The Labute approximate surface area is 274 Å². The van der Waals surface area contributed by atoms with E-state index in [0.29, 0.717) is 44.3 Å². The first-order valence-electron chi connectivity index (χ1n) is 16.9. The number of imidazole rings is 2. The summed E-state index contributed by atoms with van der Waals surface area (Å²) in [5.41, 5.74) is 3.61.